The van der Waals surface area contributed by atoms with Crippen molar-refractivity contribution in [3.8, 4) is 0 Å². The summed E-state index contributed by atoms with van der Waals surface area (Å²) >= 11 is 0. The van der Waals surface area contributed by atoms with Crippen LogP contribution in [0.25, 0.3) is 21.5 Å². The molecule has 0 aromatic heterocycles. The van der Waals surface area contributed by atoms with Gasteiger partial charge in [-0.1, -0.05) is 60.7 Å². The molecule has 0 saturated carbocycles. The van der Waals surface area contributed by atoms with Gasteiger partial charge in [-0.05, 0) is 42.0 Å². The summed E-state index contributed by atoms with van der Waals surface area (Å²) in [7, 11) is -4.82. The Labute approximate surface area is 241 Å². The SMILES string of the molecule is Cc1c(N=Nc2c(N)ccc3ccccc23)cc(S(=O)(=O)[O-])cc1N=Nc1c(N)ccc2ccccc12.[Na+]. The molecule has 11 heteroatoms. The summed E-state index contributed by atoms with van der Waals surface area (Å²) in [6, 6.07) is 24.6. The smallest absolute Gasteiger partial charge is 0.744 e. The fourth-order valence-corrected chi connectivity index (χ4v) is 4.50. The van der Waals surface area contributed by atoms with E-state index in [1.165, 1.54) is 0 Å². The van der Waals surface area contributed by atoms with Crippen LogP contribution in [0.15, 0.2) is 110 Å². The average Bonchev–Trinajstić information content (AvgIpc) is 2.88. The number of hydrogen-bond donors (Lipinski definition) is 2. The maximum atomic E-state index is 11.9. The number of anilines is 2. The molecule has 0 amide bonds. The van der Waals surface area contributed by atoms with Gasteiger partial charge in [-0.15, -0.1) is 10.2 Å². The molecule has 184 valence electrons. The van der Waals surface area contributed by atoms with E-state index in [0.717, 1.165) is 33.7 Å². The number of benzene rings is 5. The molecular weight excluding hydrogens is 511 g/mol. The van der Waals surface area contributed by atoms with Gasteiger partial charge in [0.2, 0.25) is 0 Å². The largest absolute Gasteiger partial charge is 1.00 e. The second-order valence-corrected chi connectivity index (χ2v) is 9.77. The maximum Gasteiger partial charge on any atom is 1.00 e. The molecule has 0 fully saturated rings. The van der Waals surface area contributed by atoms with Crippen LogP contribution in [0.5, 0.6) is 0 Å². The van der Waals surface area contributed by atoms with E-state index >= 15 is 0 Å². The van der Waals surface area contributed by atoms with Gasteiger partial charge in [0.25, 0.3) is 0 Å². The average molecular weight is 533 g/mol. The Kier molecular flexibility index (Phi) is 7.91. The molecule has 5 aromatic rings. The van der Waals surface area contributed by atoms with Crippen molar-refractivity contribution in [2.24, 2.45) is 20.5 Å². The molecule has 0 unspecified atom stereocenters. The van der Waals surface area contributed by atoms with Crippen LogP contribution in [0.3, 0.4) is 0 Å². The second kappa shape index (κ2) is 11.0. The van der Waals surface area contributed by atoms with Crippen molar-refractivity contribution < 1.29 is 42.5 Å². The van der Waals surface area contributed by atoms with Gasteiger partial charge in [0.15, 0.2) is 0 Å². The van der Waals surface area contributed by atoms with Crippen molar-refractivity contribution in [2.75, 3.05) is 11.5 Å². The molecule has 0 bridgehead atoms. The molecule has 0 heterocycles. The maximum absolute atomic E-state index is 11.9. The van der Waals surface area contributed by atoms with E-state index in [4.69, 9.17) is 11.5 Å². The van der Waals surface area contributed by atoms with Crippen molar-refractivity contribution in [3.05, 3.63) is 90.5 Å². The fourth-order valence-electron chi connectivity index (χ4n) is 3.99. The number of nitrogens with zero attached hydrogens (tertiary/aromatic N) is 4. The van der Waals surface area contributed by atoms with Crippen molar-refractivity contribution in [3.63, 3.8) is 0 Å². The standard InChI is InChI=1S/C27H22N6O3S.Na/c1-16-24(30-32-26-20-8-4-2-6-17(20)10-12-22(26)28)14-19(37(34,35)36)15-25(16)31-33-27-21-9-5-3-7-18(21)11-13-23(27)29;/h2-15H,28-29H2,1H3,(H,34,35,36);/q;+1/p-1. The minimum absolute atomic E-state index is 0. The number of fused-ring (bicyclic) bond motifs is 2. The first-order valence-corrected chi connectivity index (χ1v) is 12.6. The minimum Gasteiger partial charge on any atom is -0.744 e. The topological polar surface area (TPSA) is 159 Å². The van der Waals surface area contributed by atoms with Gasteiger partial charge in [-0.2, -0.15) is 10.2 Å². The van der Waals surface area contributed by atoms with Crippen molar-refractivity contribution in [1.29, 1.82) is 0 Å². The van der Waals surface area contributed by atoms with Crippen LogP contribution >= 0.6 is 0 Å². The fraction of sp³-hybridized carbons (Fsp3) is 0.0370. The number of nitrogen functional groups attached to an aromatic ring is 2. The van der Waals surface area contributed by atoms with E-state index in [0.29, 0.717) is 28.3 Å². The Morgan fingerprint density at radius 1 is 0.658 bits per heavy atom. The third-order valence-corrected chi connectivity index (χ3v) is 6.81. The van der Waals surface area contributed by atoms with E-state index in [9.17, 15) is 13.0 Å². The van der Waals surface area contributed by atoms with Gasteiger partial charge >= 0.3 is 29.6 Å². The van der Waals surface area contributed by atoms with Crippen LogP contribution in [0, 0.1) is 6.92 Å². The third-order valence-electron chi connectivity index (χ3n) is 5.99. The molecule has 38 heavy (non-hydrogen) atoms. The van der Waals surface area contributed by atoms with Crippen LogP contribution in [0.2, 0.25) is 0 Å². The zero-order chi connectivity index (χ0) is 26.2. The predicted molar refractivity (Wildman–Crippen MR) is 144 cm³/mol. The van der Waals surface area contributed by atoms with Gasteiger partial charge in [0, 0.05) is 16.3 Å². The summed E-state index contributed by atoms with van der Waals surface area (Å²) < 4.78 is 35.7. The molecule has 4 N–H and O–H groups in total. The van der Waals surface area contributed by atoms with Gasteiger partial charge in [0.1, 0.15) is 21.5 Å². The molecule has 0 radical (unpaired) electrons. The van der Waals surface area contributed by atoms with Crippen LogP contribution in [0.1, 0.15) is 5.56 Å². The van der Waals surface area contributed by atoms with Crippen molar-refractivity contribution in [1.82, 2.24) is 0 Å². The molecule has 0 aliphatic rings. The second-order valence-electron chi connectivity index (χ2n) is 8.39. The molecule has 0 aliphatic carbocycles. The molecule has 0 saturated heterocycles. The van der Waals surface area contributed by atoms with Crippen LogP contribution in [-0.2, 0) is 10.1 Å². The number of azo groups is 2. The molecule has 0 atom stereocenters. The van der Waals surface area contributed by atoms with Gasteiger partial charge in [-0.25, -0.2) is 8.42 Å². The predicted octanol–water partition coefficient (Wildman–Crippen LogP) is 4.20. The third kappa shape index (κ3) is 5.45. The van der Waals surface area contributed by atoms with Crippen LogP contribution < -0.4 is 41.0 Å². The Morgan fingerprint density at radius 2 is 1.08 bits per heavy atom. The monoisotopic (exact) mass is 532 g/mol. The minimum atomic E-state index is -4.82. The van der Waals surface area contributed by atoms with Crippen molar-refractivity contribution >= 4 is 65.8 Å². The normalized spacial score (nSPS) is 11.9. The first-order valence-electron chi connectivity index (χ1n) is 11.2. The van der Waals surface area contributed by atoms with Crippen LogP contribution in [-0.4, -0.2) is 13.0 Å². The first kappa shape index (κ1) is 27.4. The van der Waals surface area contributed by atoms with E-state index in [2.05, 4.69) is 20.5 Å². The first-order chi connectivity index (χ1) is 17.7. The summed E-state index contributed by atoms with van der Waals surface area (Å²) in [5, 5.41) is 20.5. The van der Waals surface area contributed by atoms with Crippen molar-refractivity contribution in [2.45, 2.75) is 11.8 Å². The Hall–Kier alpha value is -3.67. The summed E-state index contributed by atoms with van der Waals surface area (Å²) in [5.74, 6) is 0. The number of hydrogen-bond acceptors (Lipinski definition) is 9. The Balaban J connectivity index is 0.00000336. The molecule has 5 rings (SSSR count). The van der Waals surface area contributed by atoms with Gasteiger partial charge in [0.05, 0.1) is 27.6 Å². The molecule has 0 spiro atoms. The molecule has 5 aromatic carbocycles. The molecular formula is C27H21N6NaO3S. The van der Waals surface area contributed by atoms with E-state index < -0.39 is 15.0 Å². The van der Waals surface area contributed by atoms with E-state index in [-0.39, 0.29) is 40.9 Å². The number of nitrogens with two attached hydrogens (primary N) is 2. The summed E-state index contributed by atoms with van der Waals surface area (Å²) in [4.78, 5) is -0.502. The Morgan fingerprint density at radius 3 is 1.50 bits per heavy atom. The summed E-state index contributed by atoms with van der Waals surface area (Å²) in [6.45, 7) is 1.68. The molecule has 0 aliphatic heterocycles. The van der Waals surface area contributed by atoms with Gasteiger partial charge < -0.3 is 16.0 Å². The molecule has 9 nitrogen and oxygen atoms in total. The van der Waals surface area contributed by atoms with Crippen LogP contribution in [0.4, 0.5) is 34.1 Å². The van der Waals surface area contributed by atoms with E-state index in [1.54, 1.807) is 19.1 Å². The number of rotatable bonds is 5. The quantitative estimate of drug-likeness (QED) is 0.150. The Bertz CT molecular complexity index is 1740. The van der Waals surface area contributed by atoms with Gasteiger partial charge in [-0.3, -0.25) is 0 Å². The summed E-state index contributed by atoms with van der Waals surface area (Å²) in [5.41, 5.74) is 14.7. The van der Waals surface area contributed by atoms with E-state index in [1.807, 2.05) is 60.7 Å². The zero-order valence-corrected chi connectivity index (χ0v) is 23.5. The summed E-state index contributed by atoms with van der Waals surface area (Å²) in [6.07, 6.45) is 0. The zero-order valence-electron chi connectivity index (χ0n) is 20.7.